The molecule has 1 aliphatic carbocycles. The summed E-state index contributed by atoms with van der Waals surface area (Å²) in [5, 5.41) is 0. The molecule has 0 aliphatic heterocycles. The summed E-state index contributed by atoms with van der Waals surface area (Å²) >= 11 is 0. The van der Waals surface area contributed by atoms with Crippen LogP contribution in [0.15, 0.2) is 48.2 Å². The SMILES string of the molecule is CCOC1=CC(=[N+]=[N-])C(OCC)C=C1c1ccccc1. The molecule has 1 unspecified atom stereocenters. The van der Waals surface area contributed by atoms with E-state index in [1.165, 1.54) is 0 Å². The maximum Gasteiger partial charge on any atom is 0.328 e. The molecule has 0 spiro atoms. The van der Waals surface area contributed by atoms with Crippen molar-refractivity contribution < 1.29 is 14.3 Å². The van der Waals surface area contributed by atoms with Gasteiger partial charge in [0.05, 0.1) is 12.7 Å². The molecule has 0 amide bonds. The lowest BCUT2D eigenvalue weighted by atomic mass is 9.95. The lowest BCUT2D eigenvalue weighted by Gasteiger charge is -2.19. The van der Waals surface area contributed by atoms with Crippen molar-refractivity contribution in [2.75, 3.05) is 13.2 Å². The van der Waals surface area contributed by atoms with Crippen LogP contribution in [0.1, 0.15) is 19.4 Å². The molecule has 0 saturated carbocycles. The van der Waals surface area contributed by atoms with Gasteiger partial charge in [-0.1, -0.05) is 30.3 Å². The molecule has 2 rings (SSSR count). The van der Waals surface area contributed by atoms with Gasteiger partial charge < -0.3 is 15.0 Å². The lowest BCUT2D eigenvalue weighted by molar-refractivity contribution is -0.0220. The standard InChI is InChI=1S/C16H18N2O2/c1-3-19-15-11-14(18-17)16(20-4-2)10-13(15)12-8-6-5-7-9-12/h5-11,16H,3-4H2,1-2H3. The monoisotopic (exact) mass is 270 g/mol. The van der Waals surface area contributed by atoms with Crippen molar-refractivity contribution in [1.82, 2.24) is 0 Å². The first kappa shape index (κ1) is 14.3. The first-order valence-electron chi connectivity index (χ1n) is 6.75. The highest BCUT2D eigenvalue weighted by atomic mass is 16.5. The lowest BCUT2D eigenvalue weighted by Crippen LogP contribution is -2.26. The zero-order valence-electron chi connectivity index (χ0n) is 11.7. The molecule has 0 saturated heterocycles. The maximum atomic E-state index is 9.11. The van der Waals surface area contributed by atoms with Gasteiger partial charge in [-0.05, 0) is 25.5 Å². The summed E-state index contributed by atoms with van der Waals surface area (Å²) in [6.07, 6.45) is 3.30. The Morgan fingerprint density at radius 1 is 1.15 bits per heavy atom. The number of hydrogen-bond donors (Lipinski definition) is 0. The molecule has 0 N–H and O–H groups in total. The summed E-state index contributed by atoms with van der Waals surface area (Å²) in [4.78, 5) is 3.30. The summed E-state index contributed by atoms with van der Waals surface area (Å²) in [6, 6.07) is 9.96. The van der Waals surface area contributed by atoms with Gasteiger partial charge in [-0.15, -0.1) is 0 Å². The van der Waals surface area contributed by atoms with E-state index in [-0.39, 0.29) is 6.10 Å². The predicted octanol–water partition coefficient (Wildman–Crippen LogP) is 3.08. The Labute approximate surface area is 119 Å². The number of hydrogen-bond acceptors (Lipinski definition) is 2. The number of allylic oxidation sites excluding steroid dienone is 1. The number of rotatable bonds is 5. The zero-order chi connectivity index (χ0) is 14.4. The van der Waals surface area contributed by atoms with Gasteiger partial charge in [-0.3, -0.25) is 0 Å². The van der Waals surface area contributed by atoms with Gasteiger partial charge in [-0.25, -0.2) is 0 Å². The first-order valence-corrected chi connectivity index (χ1v) is 6.75. The molecule has 1 aromatic carbocycles. The molecule has 0 fully saturated rings. The molecule has 4 nitrogen and oxygen atoms in total. The van der Waals surface area contributed by atoms with E-state index in [0.717, 1.165) is 11.1 Å². The molecule has 4 heteroatoms. The van der Waals surface area contributed by atoms with E-state index in [1.54, 1.807) is 6.08 Å². The van der Waals surface area contributed by atoms with Crippen LogP contribution in [0.2, 0.25) is 0 Å². The van der Waals surface area contributed by atoms with Crippen molar-refractivity contribution in [3.8, 4) is 0 Å². The van der Waals surface area contributed by atoms with Crippen molar-refractivity contribution in [1.29, 1.82) is 0 Å². The van der Waals surface area contributed by atoms with Gasteiger partial charge in [0.25, 0.3) is 0 Å². The van der Waals surface area contributed by atoms with Crippen LogP contribution in [-0.2, 0) is 9.47 Å². The fraction of sp³-hybridized carbons (Fsp3) is 0.312. The van der Waals surface area contributed by atoms with Crippen molar-refractivity contribution in [2.45, 2.75) is 20.0 Å². The van der Waals surface area contributed by atoms with Crippen molar-refractivity contribution in [2.24, 2.45) is 0 Å². The van der Waals surface area contributed by atoms with Gasteiger partial charge in [0, 0.05) is 12.2 Å². The van der Waals surface area contributed by atoms with Crippen LogP contribution in [0.4, 0.5) is 0 Å². The highest BCUT2D eigenvalue weighted by Crippen LogP contribution is 2.28. The summed E-state index contributed by atoms with van der Waals surface area (Å²) in [7, 11) is 0. The second kappa shape index (κ2) is 6.85. The third-order valence-corrected chi connectivity index (χ3v) is 3.00. The molecule has 1 atom stereocenters. The van der Waals surface area contributed by atoms with Crippen LogP contribution in [0.5, 0.6) is 0 Å². The molecular formula is C16H18N2O2. The molecule has 20 heavy (non-hydrogen) atoms. The minimum Gasteiger partial charge on any atom is -0.493 e. The van der Waals surface area contributed by atoms with Gasteiger partial charge >= 0.3 is 5.71 Å². The van der Waals surface area contributed by atoms with Gasteiger partial charge in [0.2, 0.25) is 0 Å². The highest BCUT2D eigenvalue weighted by molar-refractivity contribution is 6.03. The van der Waals surface area contributed by atoms with E-state index in [4.69, 9.17) is 15.0 Å². The quantitative estimate of drug-likeness (QED) is 0.610. The van der Waals surface area contributed by atoms with E-state index in [9.17, 15) is 0 Å². The highest BCUT2D eigenvalue weighted by Gasteiger charge is 2.28. The number of benzene rings is 1. The third-order valence-electron chi connectivity index (χ3n) is 3.00. The fourth-order valence-corrected chi connectivity index (χ4v) is 2.14. The molecule has 1 aliphatic rings. The van der Waals surface area contributed by atoms with Crippen LogP contribution in [-0.4, -0.2) is 29.8 Å². The zero-order valence-corrected chi connectivity index (χ0v) is 11.7. The Balaban J connectivity index is 2.44. The van der Waals surface area contributed by atoms with Gasteiger partial charge in [0.15, 0.2) is 6.10 Å². The maximum absolute atomic E-state index is 9.11. The van der Waals surface area contributed by atoms with Crippen molar-refractivity contribution in [3.63, 3.8) is 0 Å². The van der Waals surface area contributed by atoms with Gasteiger partial charge in [-0.2, -0.15) is 4.79 Å². The Kier molecular flexibility index (Phi) is 4.88. The number of ether oxygens (including phenoxy) is 2. The van der Waals surface area contributed by atoms with Crippen LogP contribution < -0.4 is 0 Å². The van der Waals surface area contributed by atoms with Crippen LogP contribution in [0, 0.1) is 0 Å². The van der Waals surface area contributed by atoms with E-state index in [0.29, 0.717) is 24.7 Å². The average Bonchev–Trinajstić information content (AvgIpc) is 2.49. The van der Waals surface area contributed by atoms with E-state index in [2.05, 4.69) is 4.79 Å². The summed E-state index contributed by atoms with van der Waals surface area (Å²) < 4.78 is 11.3. The minimum absolute atomic E-state index is 0.357. The largest absolute Gasteiger partial charge is 0.493 e. The Hall–Kier alpha value is -2.16. The summed E-state index contributed by atoms with van der Waals surface area (Å²) in [5.41, 5.74) is 11.6. The topological polar surface area (TPSA) is 54.9 Å². The van der Waals surface area contributed by atoms with E-state index < -0.39 is 0 Å². The summed E-state index contributed by atoms with van der Waals surface area (Å²) in [5.74, 6) is 0.697. The van der Waals surface area contributed by atoms with E-state index >= 15 is 0 Å². The smallest absolute Gasteiger partial charge is 0.328 e. The van der Waals surface area contributed by atoms with Crippen molar-refractivity contribution >= 4 is 11.3 Å². The molecule has 104 valence electrons. The van der Waals surface area contributed by atoms with Crippen LogP contribution >= 0.6 is 0 Å². The Morgan fingerprint density at radius 2 is 1.90 bits per heavy atom. The molecular weight excluding hydrogens is 252 g/mol. The van der Waals surface area contributed by atoms with E-state index in [1.807, 2.05) is 50.3 Å². The van der Waals surface area contributed by atoms with Gasteiger partial charge in [0.1, 0.15) is 5.76 Å². The number of nitrogens with zero attached hydrogens (tertiary/aromatic N) is 2. The molecule has 0 bridgehead atoms. The molecule has 0 aromatic heterocycles. The van der Waals surface area contributed by atoms with Crippen molar-refractivity contribution in [3.05, 3.63) is 59.3 Å². The summed E-state index contributed by atoms with van der Waals surface area (Å²) in [6.45, 7) is 4.93. The fourth-order valence-electron chi connectivity index (χ4n) is 2.14. The molecule has 1 aromatic rings. The first-order chi connectivity index (χ1) is 9.80. The minimum atomic E-state index is -0.357. The third kappa shape index (κ3) is 3.05. The average molecular weight is 270 g/mol. The van der Waals surface area contributed by atoms with Crippen LogP contribution in [0.25, 0.3) is 11.1 Å². The van der Waals surface area contributed by atoms with Crippen LogP contribution in [0.3, 0.4) is 0 Å². The molecule has 0 radical (unpaired) electrons. The second-order valence-corrected chi connectivity index (χ2v) is 4.29. The Bertz CT molecular complexity index is 569. The second-order valence-electron chi connectivity index (χ2n) is 4.29. The predicted molar refractivity (Wildman–Crippen MR) is 78.2 cm³/mol. The normalized spacial score (nSPS) is 18.1. The Morgan fingerprint density at radius 3 is 2.50 bits per heavy atom. The molecule has 0 heterocycles.